The van der Waals surface area contributed by atoms with Gasteiger partial charge in [0.25, 0.3) is 5.91 Å². The Bertz CT molecular complexity index is 778. The average molecular weight is 404 g/mol. The van der Waals surface area contributed by atoms with Gasteiger partial charge in [-0.05, 0) is 43.2 Å². The average Bonchev–Trinajstić information content (AvgIpc) is 3.04. The second-order valence-corrected chi connectivity index (χ2v) is 7.49. The van der Waals surface area contributed by atoms with Crippen LogP contribution in [0.15, 0.2) is 46.9 Å². The zero-order valence-electron chi connectivity index (χ0n) is 14.9. The molecule has 0 saturated heterocycles. The fraction of sp³-hybridized carbons (Fsp3) is 0.350. The minimum atomic E-state index is -0.130. The Kier molecular flexibility index (Phi) is 5.45. The molecule has 5 heteroatoms. The molecule has 0 radical (unpaired) electrons. The lowest BCUT2D eigenvalue weighted by atomic mass is 10.1. The zero-order valence-corrected chi connectivity index (χ0v) is 16.5. The van der Waals surface area contributed by atoms with Crippen LogP contribution in [0.25, 0.3) is 0 Å². The summed E-state index contributed by atoms with van der Waals surface area (Å²) in [5.74, 6) is 1.03. The number of hydrogen-bond acceptors (Lipinski definition) is 2. The second-order valence-electron chi connectivity index (χ2n) is 6.57. The van der Waals surface area contributed by atoms with Gasteiger partial charge in [0.2, 0.25) is 0 Å². The molecule has 1 aliphatic rings. The van der Waals surface area contributed by atoms with E-state index in [0.717, 1.165) is 45.9 Å². The number of quaternary nitrogens is 1. The molecule has 132 valence electrons. The van der Waals surface area contributed by atoms with E-state index in [9.17, 15) is 4.79 Å². The minimum Gasteiger partial charge on any atom is -0.496 e. The van der Waals surface area contributed by atoms with Crippen LogP contribution in [-0.4, -0.2) is 32.7 Å². The van der Waals surface area contributed by atoms with Crippen LogP contribution in [0.5, 0.6) is 5.75 Å². The molecule has 0 saturated carbocycles. The molecule has 2 aromatic carbocycles. The molecule has 1 N–H and O–H groups in total. The summed E-state index contributed by atoms with van der Waals surface area (Å²) in [5, 5.41) is 0. The van der Waals surface area contributed by atoms with Crippen molar-refractivity contribution in [1.82, 2.24) is 0 Å². The summed E-state index contributed by atoms with van der Waals surface area (Å²) < 4.78 is 6.48. The number of nitrogens with zero attached hydrogens (tertiary/aromatic N) is 1. The number of ether oxygens (including phenoxy) is 1. The van der Waals surface area contributed by atoms with Crippen molar-refractivity contribution in [3.8, 4) is 5.75 Å². The molecule has 1 heterocycles. The first-order valence-electron chi connectivity index (χ1n) is 8.55. The number of benzene rings is 2. The van der Waals surface area contributed by atoms with Crippen LogP contribution in [0.2, 0.25) is 0 Å². The predicted molar refractivity (Wildman–Crippen MR) is 103 cm³/mol. The first kappa shape index (κ1) is 18.0. The Hall–Kier alpha value is -1.85. The lowest BCUT2D eigenvalue weighted by Gasteiger charge is -2.26. The van der Waals surface area contributed by atoms with E-state index in [1.54, 1.807) is 7.11 Å². The molecule has 1 unspecified atom stereocenters. The van der Waals surface area contributed by atoms with Gasteiger partial charge >= 0.3 is 0 Å². The van der Waals surface area contributed by atoms with Crippen molar-refractivity contribution in [1.29, 1.82) is 0 Å². The Labute approximate surface area is 157 Å². The van der Waals surface area contributed by atoms with Crippen molar-refractivity contribution in [2.75, 3.05) is 25.6 Å². The normalized spacial score (nSPS) is 15.6. The number of halogens is 1. The van der Waals surface area contributed by atoms with Gasteiger partial charge in [0, 0.05) is 22.3 Å². The largest absolute Gasteiger partial charge is 0.496 e. The van der Waals surface area contributed by atoms with E-state index in [-0.39, 0.29) is 11.9 Å². The van der Waals surface area contributed by atoms with E-state index < -0.39 is 0 Å². The van der Waals surface area contributed by atoms with Gasteiger partial charge in [-0.25, -0.2) is 0 Å². The van der Waals surface area contributed by atoms with E-state index in [0.29, 0.717) is 0 Å². The highest BCUT2D eigenvalue weighted by Crippen LogP contribution is 2.27. The fourth-order valence-corrected chi connectivity index (χ4v) is 3.76. The topological polar surface area (TPSA) is 34.0 Å². The molecule has 2 atom stereocenters. The molecule has 0 aromatic heterocycles. The van der Waals surface area contributed by atoms with Crippen molar-refractivity contribution in [3.05, 3.63) is 58.1 Å². The summed E-state index contributed by atoms with van der Waals surface area (Å²) in [4.78, 5) is 16.1. The van der Waals surface area contributed by atoms with E-state index in [1.165, 1.54) is 5.56 Å². The quantitative estimate of drug-likeness (QED) is 0.831. The van der Waals surface area contributed by atoms with Crippen molar-refractivity contribution >= 4 is 27.5 Å². The van der Waals surface area contributed by atoms with Crippen LogP contribution in [-0.2, 0) is 17.8 Å². The maximum absolute atomic E-state index is 13.0. The van der Waals surface area contributed by atoms with Gasteiger partial charge in [0.05, 0.1) is 14.2 Å². The number of anilines is 1. The molecule has 1 amide bonds. The molecule has 0 bridgehead atoms. The Balaban J connectivity index is 1.74. The van der Waals surface area contributed by atoms with Crippen LogP contribution in [0.3, 0.4) is 0 Å². The third-order valence-corrected chi connectivity index (χ3v) is 5.47. The molecular weight excluding hydrogens is 380 g/mol. The molecule has 4 nitrogen and oxygen atoms in total. The summed E-state index contributed by atoms with van der Waals surface area (Å²) in [7, 11) is 3.74. The number of carbonyl (C=O) groups is 1. The van der Waals surface area contributed by atoms with Crippen LogP contribution in [0, 0.1) is 0 Å². The van der Waals surface area contributed by atoms with E-state index in [1.807, 2.05) is 42.2 Å². The maximum Gasteiger partial charge on any atom is 0.284 e. The van der Waals surface area contributed by atoms with Gasteiger partial charge in [0.15, 0.2) is 6.04 Å². The number of amides is 1. The summed E-state index contributed by atoms with van der Waals surface area (Å²) in [5.41, 5.74) is 3.41. The predicted octanol–water partition coefficient (Wildman–Crippen LogP) is 2.45. The Morgan fingerprint density at radius 3 is 2.84 bits per heavy atom. The van der Waals surface area contributed by atoms with Crippen LogP contribution < -0.4 is 14.5 Å². The zero-order chi connectivity index (χ0) is 18.0. The smallest absolute Gasteiger partial charge is 0.284 e. The van der Waals surface area contributed by atoms with Gasteiger partial charge < -0.3 is 14.5 Å². The Morgan fingerprint density at radius 1 is 1.32 bits per heavy atom. The molecule has 0 spiro atoms. The third kappa shape index (κ3) is 3.72. The van der Waals surface area contributed by atoms with Crippen molar-refractivity contribution in [3.63, 3.8) is 0 Å². The summed E-state index contributed by atoms with van der Waals surface area (Å²) >= 11 is 3.51. The Morgan fingerprint density at radius 2 is 2.08 bits per heavy atom. The standard InChI is InChI=1S/C20H23BrN2O2/c1-14(20(24)23-11-10-15-6-4-5-7-18(15)23)22(2)13-16-12-17(21)8-9-19(16)25-3/h4-9,12,14H,10-11,13H2,1-3H3/p+1/t14-/m0/s1. The first-order chi connectivity index (χ1) is 12.0. The lowest BCUT2D eigenvalue weighted by molar-refractivity contribution is -0.908. The van der Waals surface area contributed by atoms with Crippen molar-refractivity contribution in [2.24, 2.45) is 0 Å². The molecule has 0 aliphatic carbocycles. The molecule has 0 fully saturated rings. The number of rotatable bonds is 5. The fourth-order valence-electron chi connectivity index (χ4n) is 3.35. The summed E-state index contributed by atoms with van der Waals surface area (Å²) in [6, 6.07) is 14.0. The number of hydrogen-bond donors (Lipinski definition) is 1. The van der Waals surface area contributed by atoms with Gasteiger partial charge in [0.1, 0.15) is 12.3 Å². The summed E-state index contributed by atoms with van der Waals surface area (Å²) in [6.45, 7) is 3.50. The number of methoxy groups -OCH3 is 1. The molecule has 3 rings (SSSR count). The highest BCUT2D eigenvalue weighted by atomic mass is 79.9. The number of carbonyl (C=O) groups excluding carboxylic acids is 1. The monoisotopic (exact) mass is 403 g/mol. The first-order valence-corrected chi connectivity index (χ1v) is 9.34. The van der Waals surface area contributed by atoms with Crippen molar-refractivity contribution in [2.45, 2.75) is 25.9 Å². The van der Waals surface area contributed by atoms with Gasteiger partial charge in [-0.3, -0.25) is 4.79 Å². The van der Waals surface area contributed by atoms with E-state index in [4.69, 9.17) is 4.74 Å². The number of nitrogens with one attached hydrogen (secondary N) is 1. The molecule has 25 heavy (non-hydrogen) atoms. The van der Waals surface area contributed by atoms with Crippen LogP contribution in [0.4, 0.5) is 5.69 Å². The molecular formula is C20H24BrN2O2+. The number of para-hydroxylation sites is 1. The number of fused-ring (bicyclic) bond motifs is 1. The van der Waals surface area contributed by atoms with E-state index in [2.05, 4.69) is 35.1 Å². The highest BCUT2D eigenvalue weighted by Gasteiger charge is 2.32. The van der Waals surface area contributed by atoms with Gasteiger partial charge in [-0.1, -0.05) is 34.1 Å². The van der Waals surface area contributed by atoms with E-state index >= 15 is 0 Å². The lowest BCUT2D eigenvalue weighted by Crippen LogP contribution is -3.12. The maximum atomic E-state index is 13.0. The minimum absolute atomic E-state index is 0.130. The second kappa shape index (κ2) is 7.58. The van der Waals surface area contributed by atoms with Gasteiger partial charge in [-0.15, -0.1) is 0 Å². The van der Waals surface area contributed by atoms with Crippen LogP contribution >= 0.6 is 15.9 Å². The summed E-state index contributed by atoms with van der Waals surface area (Å²) in [6.07, 6.45) is 0.938. The number of likely N-dealkylation sites (N-methyl/N-ethyl adjacent to an activating group) is 1. The molecule has 1 aliphatic heterocycles. The SMILES string of the molecule is COc1ccc(Br)cc1C[NH+](C)[C@@H](C)C(=O)N1CCc2ccccc21. The van der Waals surface area contributed by atoms with Gasteiger partial charge in [-0.2, -0.15) is 0 Å². The molecule has 2 aromatic rings. The van der Waals surface area contributed by atoms with Crippen molar-refractivity contribution < 1.29 is 14.4 Å². The van der Waals surface area contributed by atoms with Crippen LogP contribution in [0.1, 0.15) is 18.1 Å². The third-order valence-electron chi connectivity index (χ3n) is 4.97. The highest BCUT2D eigenvalue weighted by molar-refractivity contribution is 9.10.